The van der Waals surface area contributed by atoms with Crippen LogP contribution in [0.1, 0.15) is 46.1 Å². The molecule has 4 rings (SSSR count). The molecule has 3 heterocycles. The average Bonchev–Trinajstić information content (AvgIpc) is 3.06. The number of hydrogen-bond acceptors (Lipinski definition) is 7. The summed E-state index contributed by atoms with van der Waals surface area (Å²) in [6.45, 7) is 10.9. The number of aryl methyl sites for hydroxylation is 1. The number of anilines is 3. The lowest BCUT2D eigenvalue weighted by Gasteiger charge is -2.53. The first-order valence-corrected chi connectivity index (χ1v) is 11.0. The number of fused-ring (bicyclic) bond motifs is 1. The van der Waals surface area contributed by atoms with Crippen LogP contribution < -0.4 is 10.6 Å². The molecule has 0 spiro atoms. The summed E-state index contributed by atoms with van der Waals surface area (Å²) in [7, 11) is 2.16. The minimum absolute atomic E-state index is 0.00284. The van der Waals surface area contributed by atoms with Crippen LogP contribution in [0.15, 0.2) is 24.4 Å². The number of rotatable bonds is 4. The lowest BCUT2D eigenvalue weighted by molar-refractivity contribution is -0.00778. The van der Waals surface area contributed by atoms with Crippen LogP contribution in [0, 0.1) is 12.7 Å². The Morgan fingerprint density at radius 3 is 2.50 bits per heavy atom. The summed E-state index contributed by atoms with van der Waals surface area (Å²) >= 11 is 1.53. The highest BCUT2D eigenvalue weighted by molar-refractivity contribution is 7.22. The molecule has 2 N–H and O–H groups in total. The highest BCUT2D eigenvalue weighted by Gasteiger charge is 2.43. The predicted octanol–water partition coefficient (Wildman–Crippen LogP) is 5.34. The maximum absolute atomic E-state index is 14.5. The third-order valence-corrected chi connectivity index (χ3v) is 7.17. The van der Waals surface area contributed by atoms with Crippen molar-refractivity contribution in [3.63, 3.8) is 0 Å². The fourth-order valence-corrected chi connectivity index (χ4v) is 5.37. The van der Waals surface area contributed by atoms with E-state index < -0.39 is 5.82 Å². The normalized spacial score (nSPS) is 19.2. The zero-order valence-corrected chi connectivity index (χ0v) is 19.2. The van der Waals surface area contributed by atoms with E-state index in [1.54, 1.807) is 0 Å². The Kier molecular flexibility index (Phi) is 5.18. The fourth-order valence-electron chi connectivity index (χ4n) is 4.43. The van der Waals surface area contributed by atoms with Gasteiger partial charge in [-0.3, -0.25) is 10.2 Å². The van der Waals surface area contributed by atoms with Crippen molar-refractivity contribution in [2.75, 3.05) is 17.7 Å². The standard InChI is InChI=1S/C22H29FN6S/c1-13-8-7-9-16-17(13)26-20(30-16)28-19-24-12-15(23)18(27-19)25-14-10-21(2,3)29(6)22(4,5)11-14/h7-9,12,14H,10-11H2,1-6H3,(H2,24,25,26,27,28). The third-order valence-electron chi connectivity index (χ3n) is 6.23. The molecule has 8 heteroatoms. The van der Waals surface area contributed by atoms with Gasteiger partial charge in [-0.25, -0.2) is 14.4 Å². The molecule has 30 heavy (non-hydrogen) atoms. The summed E-state index contributed by atoms with van der Waals surface area (Å²) in [6, 6.07) is 6.20. The van der Waals surface area contributed by atoms with Gasteiger partial charge in [0.25, 0.3) is 0 Å². The molecule has 0 amide bonds. The highest BCUT2D eigenvalue weighted by Crippen LogP contribution is 2.38. The minimum Gasteiger partial charge on any atom is -0.365 e. The van der Waals surface area contributed by atoms with E-state index in [1.807, 2.05) is 25.1 Å². The molecular weight excluding hydrogens is 399 g/mol. The van der Waals surface area contributed by atoms with Crippen LogP contribution in [0.2, 0.25) is 0 Å². The number of para-hydroxylation sites is 1. The Labute approximate surface area is 181 Å². The Balaban J connectivity index is 1.55. The molecule has 0 bridgehead atoms. The van der Waals surface area contributed by atoms with Gasteiger partial charge in [0.1, 0.15) is 0 Å². The maximum Gasteiger partial charge on any atom is 0.231 e. The molecule has 1 fully saturated rings. The number of thiazole rings is 1. The second-order valence-corrected chi connectivity index (χ2v) is 10.4. The van der Waals surface area contributed by atoms with Crippen molar-refractivity contribution in [2.45, 2.75) is 64.6 Å². The Hall–Kier alpha value is -2.32. The maximum atomic E-state index is 14.5. The van der Waals surface area contributed by atoms with E-state index in [1.165, 1.54) is 17.5 Å². The van der Waals surface area contributed by atoms with Crippen LogP contribution in [0.5, 0.6) is 0 Å². The van der Waals surface area contributed by atoms with Gasteiger partial charge in [0.05, 0.1) is 16.4 Å². The summed E-state index contributed by atoms with van der Waals surface area (Å²) in [6.07, 6.45) is 3.01. The van der Waals surface area contributed by atoms with E-state index in [9.17, 15) is 4.39 Å². The lowest BCUT2D eigenvalue weighted by Crippen LogP contribution is -2.61. The number of halogens is 1. The van der Waals surface area contributed by atoms with Crippen LogP contribution >= 0.6 is 11.3 Å². The van der Waals surface area contributed by atoms with Gasteiger partial charge in [0.15, 0.2) is 16.8 Å². The molecule has 0 saturated carbocycles. The molecule has 0 atom stereocenters. The van der Waals surface area contributed by atoms with Gasteiger partial charge in [-0.15, -0.1) is 0 Å². The molecule has 1 aliphatic rings. The summed E-state index contributed by atoms with van der Waals surface area (Å²) in [5.41, 5.74) is 2.08. The number of hydrogen-bond donors (Lipinski definition) is 2. The van der Waals surface area contributed by atoms with E-state index in [2.05, 4.69) is 65.2 Å². The molecule has 2 aromatic heterocycles. The smallest absolute Gasteiger partial charge is 0.231 e. The SMILES string of the molecule is Cc1cccc2sc(Nc3ncc(F)c(NC4CC(C)(C)N(C)C(C)(C)C4)n3)nc12. The number of nitrogens with one attached hydrogen (secondary N) is 2. The number of likely N-dealkylation sites (tertiary alicyclic amines) is 1. The van der Waals surface area contributed by atoms with Gasteiger partial charge in [-0.05, 0) is 66.1 Å². The van der Waals surface area contributed by atoms with E-state index in [-0.39, 0.29) is 22.9 Å². The van der Waals surface area contributed by atoms with E-state index in [4.69, 9.17) is 0 Å². The zero-order valence-electron chi connectivity index (χ0n) is 18.4. The van der Waals surface area contributed by atoms with Crippen LogP contribution in [-0.2, 0) is 0 Å². The van der Waals surface area contributed by atoms with Gasteiger partial charge in [-0.2, -0.15) is 4.98 Å². The molecule has 1 saturated heterocycles. The van der Waals surface area contributed by atoms with Gasteiger partial charge in [-0.1, -0.05) is 23.5 Å². The average molecular weight is 429 g/mol. The van der Waals surface area contributed by atoms with Crippen LogP contribution in [0.3, 0.4) is 0 Å². The van der Waals surface area contributed by atoms with Gasteiger partial charge < -0.3 is 5.32 Å². The summed E-state index contributed by atoms with van der Waals surface area (Å²) < 4.78 is 15.6. The Morgan fingerprint density at radius 1 is 1.13 bits per heavy atom. The fraction of sp³-hybridized carbons (Fsp3) is 0.500. The summed E-state index contributed by atoms with van der Waals surface area (Å²) in [5.74, 6) is 0.114. The van der Waals surface area contributed by atoms with Crippen molar-refractivity contribution in [3.8, 4) is 0 Å². The van der Waals surface area contributed by atoms with Crippen LogP contribution in [0.25, 0.3) is 10.2 Å². The van der Waals surface area contributed by atoms with E-state index >= 15 is 0 Å². The van der Waals surface area contributed by atoms with Crippen LogP contribution in [-0.4, -0.2) is 44.0 Å². The topological polar surface area (TPSA) is 66.0 Å². The molecule has 6 nitrogen and oxygen atoms in total. The second-order valence-electron chi connectivity index (χ2n) is 9.39. The molecule has 160 valence electrons. The van der Waals surface area contributed by atoms with Crippen molar-refractivity contribution in [1.29, 1.82) is 0 Å². The first-order chi connectivity index (χ1) is 14.0. The van der Waals surface area contributed by atoms with E-state index in [0.717, 1.165) is 28.6 Å². The monoisotopic (exact) mass is 428 g/mol. The molecule has 0 aliphatic carbocycles. The minimum atomic E-state index is -0.449. The van der Waals surface area contributed by atoms with Crippen molar-refractivity contribution in [3.05, 3.63) is 35.8 Å². The van der Waals surface area contributed by atoms with Gasteiger partial charge >= 0.3 is 0 Å². The predicted molar refractivity (Wildman–Crippen MR) is 122 cm³/mol. The molecule has 3 aromatic rings. The third kappa shape index (κ3) is 3.98. The summed E-state index contributed by atoms with van der Waals surface area (Å²) in [5, 5.41) is 7.16. The van der Waals surface area contributed by atoms with Gasteiger partial charge in [0.2, 0.25) is 5.95 Å². The number of piperidine rings is 1. The number of benzene rings is 1. The first-order valence-electron chi connectivity index (χ1n) is 10.2. The van der Waals surface area contributed by atoms with Crippen LogP contribution in [0.4, 0.5) is 21.3 Å². The zero-order chi connectivity index (χ0) is 21.7. The number of aromatic nitrogens is 3. The van der Waals surface area contributed by atoms with Crippen molar-refractivity contribution in [2.24, 2.45) is 0 Å². The molecule has 1 aliphatic heterocycles. The van der Waals surface area contributed by atoms with Gasteiger partial charge in [0, 0.05) is 17.1 Å². The van der Waals surface area contributed by atoms with Crippen molar-refractivity contribution < 1.29 is 4.39 Å². The number of nitrogens with zero attached hydrogens (tertiary/aromatic N) is 4. The quantitative estimate of drug-likeness (QED) is 0.585. The highest BCUT2D eigenvalue weighted by atomic mass is 32.1. The Morgan fingerprint density at radius 2 is 1.83 bits per heavy atom. The lowest BCUT2D eigenvalue weighted by atomic mass is 9.77. The van der Waals surface area contributed by atoms with E-state index in [0.29, 0.717) is 11.1 Å². The molecule has 0 unspecified atom stereocenters. The first kappa shape index (κ1) is 20.9. The molecular formula is C22H29FN6S. The summed E-state index contributed by atoms with van der Waals surface area (Å²) in [4.78, 5) is 15.6. The molecule has 0 radical (unpaired) electrons. The molecule has 1 aromatic carbocycles. The Bertz CT molecular complexity index is 1060. The largest absolute Gasteiger partial charge is 0.365 e. The van der Waals surface area contributed by atoms with Crippen molar-refractivity contribution >= 4 is 38.5 Å². The second kappa shape index (κ2) is 7.42. The van der Waals surface area contributed by atoms with Crippen molar-refractivity contribution in [1.82, 2.24) is 19.9 Å².